The quantitative estimate of drug-likeness (QED) is 0.506. The van der Waals surface area contributed by atoms with Gasteiger partial charge in [0, 0.05) is 0 Å². The van der Waals surface area contributed by atoms with Gasteiger partial charge in [0.05, 0.1) is 0 Å². The van der Waals surface area contributed by atoms with Gasteiger partial charge in [0.15, 0.2) is 0 Å². The van der Waals surface area contributed by atoms with Gasteiger partial charge in [-0.15, -0.1) is 0 Å². The highest BCUT2D eigenvalue weighted by Crippen LogP contribution is 2.70. The molecule has 0 aliphatic heterocycles. The van der Waals surface area contributed by atoms with Gasteiger partial charge in [-0.25, -0.2) is 0 Å². The fraction of sp³-hybridized carbons (Fsp3) is 0.857. The molecule has 2 saturated carbocycles. The molecule has 2 fully saturated rings. The van der Waals surface area contributed by atoms with E-state index < -0.39 is 0 Å². The summed E-state index contributed by atoms with van der Waals surface area (Å²) in [7, 11) is 0. The Balaban J connectivity index is 2.09. The van der Waals surface area contributed by atoms with Crippen molar-refractivity contribution < 1.29 is 0 Å². The smallest absolute Gasteiger partial charge is 0.00279 e. The highest BCUT2D eigenvalue weighted by molar-refractivity contribution is 5.23. The number of hydrogen-bond donors (Lipinski definition) is 0. The normalized spacial score (nSPS) is 53.5. The average molecular weight is 190 g/mol. The van der Waals surface area contributed by atoms with Gasteiger partial charge in [-0.1, -0.05) is 32.9 Å². The first-order valence-electron chi connectivity index (χ1n) is 6.25. The van der Waals surface area contributed by atoms with E-state index in [2.05, 4.69) is 32.9 Å². The predicted octanol–water partition coefficient (Wildman–Crippen LogP) is 4.02. The molecule has 0 aromatic heterocycles. The largest absolute Gasteiger partial charge is 0.0876 e. The Hall–Kier alpha value is -0.260. The van der Waals surface area contributed by atoms with Crippen LogP contribution in [0.1, 0.15) is 46.5 Å². The Kier molecular flexibility index (Phi) is 1.58. The van der Waals surface area contributed by atoms with Gasteiger partial charge >= 0.3 is 0 Å². The van der Waals surface area contributed by atoms with Gasteiger partial charge < -0.3 is 0 Å². The van der Waals surface area contributed by atoms with Crippen molar-refractivity contribution >= 4 is 0 Å². The maximum Gasteiger partial charge on any atom is -0.00279 e. The SMILES string of the molecule is C[C@@H]1CC[C@H]2C(C)(C)C[C@@H]3CC=C[C@]312. The zero-order valence-corrected chi connectivity index (χ0v) is 9.72. The molecule has 0 nitrogen and oxygen atoms in total. The van der Waals surface area contributed by atoms with Gasteiger partial charge in [0.2, 0.25) is 0 Å². The zero-order chi connectivity index (χ0) is 9.97. The average Bonchev–Trinajstić information content (AvgIpc) is 2.65. The second kappa shape index (κ2) is 2.46. The summed E-state index contributed by atoms with van der Waals surface area (Å²) in [4.78, 5) is 0. The zero-order valence-electron chi connectivity index (χ0n) is 9.72. The van der Waals surface area contributed by atoms with Gasteiger partial charge in [0.25, 0.3) is 0 Å². The third kappa shape index (κ3) is 0.816. The molecule has 0 aromatic rings. The molecule has 78 valence electrons. The van der Waals surface area contributed by atoms with Crippen molar-refractivity contribution in [2.45, 2.75) is 46.5 Å². The van der Waals surface area contributed by atoms with E-state index in [9.17, 15) is 0 Å². The first-order chi connectivity index (χ1) is 6.57. The van der Waals surface area contributed by atoms with Crippen molar-refractivity contribution in [1.82, 2.24) is 0 Å². The molecule has 0 heteroatoms. The summed E-state index contributed by atoms with van der Waals surface area (Å²) < 4.78 is 0. The third-order valence-corrected chi connectivity index (χ3v) is 5.60. The summed E-state index contributed by atoms with van der Waals surface area (Å²) in [5.41, 5.74) is 1.24. The second-order valence-electron chi connectivity index (χ2n) is 6.56. The second-order valence-corrected chi connectivity index (χ2v) is 6.56. The summed E-state index contributed by atoms with van der Waals surface area (Å²) in [5, 5.41) is 0. The molecule has 0 bridgehead atoms. The Bertz CT molecular complexity index is 286. The maximum absolute atomic E-state index is 2.61. The summed E-state index contributed by atoms with van der Waals surface area (Å²) >= 11 is 0. The summed E-state index contributed by atoms with van der Waals surface area (Å²) in [6.07, 6.45) is 10.9. The Morgan fingerprint density at radius 2 is 2.00 bits per heavy atom. The Morgan fingerprint density at radius 1 is 1.21 bits per heavy atom. The van der Waals surface area contributed by atoms with E-state index in [1.165, 1.54) is 25.7 Å². The molecular weight excluding hydrogens is 168 g/mol. The number of allylic oxidation sites excluding steroid dienone is 2. The molecule has 4 atom stereocenters. The molecule has 0 unspecified atom stereocenters. The van der Waals surface area contributed by atoms with Crippen LogP contribution in [0.4, 0.5) is 0 Å². The number of hydrogen-bond acceptors (Lipinski definition) is 0. The van der Waals surface area contributed by atoms with E-state index in [0.29, 0.717) is 10.8 Å². The van der Waals surface area contributed by atoms with Crippen molar-refractivity contribution in [1.29, 1.82) is 0 Å². The Morgan fingerprint density at radius 3 is 2.79 bits per heavy atom. The molecule has 0 amide bonds. The van der Waals surface area contributed by atoms with Crippen molar-refractivity contribution in [3.8, 4) is 0 Å². The predicted molar refractivity (Wildman–Crippen MR) is 60.0 cm³/mol. The minimum Gasteiger partial charge on any atom is -0.0876 e. The van der Waals surface area contributed by atoms with Gasteiger partial charge in [-0.3, -0.25) is 0 Å². The lowest BCUT2D eigenvalue weighted by molar-refractivity contribution is 0.158. The molecule has 1 spiro atoms. The van der Waals surface area contributed by atoms with Crippen LogP contribution >= 0.6 is 0 Å². The van der Waals surface area contributed by atoms with Crippen LogP contribution in [0.15, 0.2) is 12.2 Å². The van der Waals surface area contributed by atoms with Crippen LogP contribution in [0, 0.1) is 28.6 Å². The molecule has 0 aromatic carbocycles. The topological polar surface area (TPSA) is 0 Å². The molecule has 3 aliphatic rings. The van der Waals surface area contributed by atoms with E-state index >= 15 is 0 Å². The maximum atomic E-state index is 2.61. The first-order valence-corrected chi connectivity index (χ1v) is 6.25. The van der Waals surface area contributed by atoms with Crippen molar-refractivity contribution in [3.63, 3.8) is 0 Å². The van der Waals surface area contributed by atoms with E-state index in [1.807, 2.05) is 0 Å². The fourth-order valence-corrected chi connectivity index (χ4v) is 5.11. The van der Waals surface area contributed by atoms with E-state index in [0.717, 1.165) is 17.8 Å². The van der Waals surface area contributed by atoms with Gasteiger partial charge in [-0.05, 0) is 54.3 Å². The van der Waals surface area contributed by atoms with Crippen LogP contribution in [0.3, 0.4) is 0 Å². The van der Waals surface area contributed by atoms with Crippen LogP contribution in [-0.2, 0) is 0 Å². The van der Waals surface area contributed by atoms with Crippen LogP contribution in [0.25, 0.3) is 0 Å². The molecule has 14 heavy (non-hydrogen) atoms. The first kappa shape index (κ1) is 9.00. The fourth-order valence-electron chi connectivity index (χ4n) is 5.11. The summed E-state index contributed by atoms with van der Waals surface area (Å²) in [5.74, 6) is 2.91. The number of rotatable bonds is 0. The summed E-state index contributed by atoms with van der Waals surface area (Å²) in [6.45, 7) is 7.50. The minimum atomic E-state index is 0.611. The van der Waals surface area contributed by atoms with Gasteiger partial charge in [-0.2, -0.15) is 0 Å². The monoisotopic (exact) mass is 190 g/mol. The lowest BCUT2D eigenvalue weighted by Gasteiger charge is -2.36. The van der Waals surface area contributed by atoms with Crippen LogP contribution in [0.2, 0.25) is 0 Å². The minimum absolute atomic E-state index is 0.611. The molecule has 3 rings (SSSR count). The van der Waals surface area contributed by atoms with E-state index in [-0.39, 0.29) is 0 Å². The molecule has 3 aliphatic carbocycles. The molecule has 0 radical (unpaired) electrons. The molecule has 0 heterocycles. The van der Waals surface area contributed by atoms with Crippen molar-refractivity contribution in [2.24, 2.45) is 28.6 Å². The van der Waals surface area contributed by atoms with Gasteiger partial charge in [0.1, 0.15) is 0 Å². The summed E-state index contributed by atoms with van der Waals surface area (Å²) in [6, 6.07) is 0. The standard InChI is InChI=1S/C14H22/c1-10-6-7-12-13(2,3)9-11-5-4-8-14(10,11)12/h4,8,10-12H,5-7,9H2,1-3H3/t10-,11+,12+,14-/m1/s1. The van der Waals surface area contributed by atoms with Crippen LogP contribution in [-0.4, -0.2) is 0 Å². The molecule has 0 saturated heterocycles. The molecular formula is C14H22. The highest BCUT2D eigenvalue weighted by Gasteiger charge is 2.62. The lowest BCUT2D eigenvalue weighted by atomic mass is 9.68. The third-order valence-electron chi connectivity index (χ3n) is 5.60. The highest BCUT2D eigenvalue weighted by atomic mass is 14.7. The van der Waals surface area contributed by atoms with Crippen LogP contribution < -0.4 is 0 Å². The van der Waals surface area contributed by atoms with Crippen molar-refractivity contribution in [3.05, 3.63) is 12.2 Å². The van der Waals surface area contributed by atoms with Crippen LogP contribution in [0.5, 0.6) is 0 Å². The lowest BCUT2D eigenvalue weighted by Crippen LogP contribution is -2.30. The van der Waals surface area contributed by atoms with Crippen molar-refractivity contribution in [2.75, 3.05) is 0 Å². The molecule has 0 N–H and O–H groups in total. The Labute approximate surface area is 87.8 Å². The van der Waals surface area contributed by atoms with E-state index in [4.69, 9.17) is 0 Å². The van der Waals surface area contributed by atoms with E-state index in [1.54, 1.807) is 0 Å².